The summed E-state index contributed by atoms with van der Waals surface area (Å²) in [6.45, 7) is 0. The van der Waals surface area contributed by atoms with Crippen molar-refractivity contribution in [2.45, 2.75) is 37.5 Å². The molecule has 3 rings (SSSR count). The number of halogens is 3. The van der Waals surface area contributed by atoms with Crippen LogP contribution >= 0.6 is 15.9 Å². The Labute approximate surface area is 117 Å². The van der Waals surface area contributed by atoms with E-state index in [1.165, 1.54) is 0 Å². The first-order chi connectivity index (χ1) is 9.04. The molecule has 3 nitrogen and oxygen atoms in total. The molecule has 2 aliphatic rings. The minimum atomic E-state index is -0.867. The third-order valence-electron chi connectivity index (χ3n) is 3.66. The smallest absolute Gasteiger partial charge is 0.257 e. The maximum absolute atomic E-state index is 13.7. The summed E-state index contributed by atoms with van der Waals surface area (Å²) in [4.78, 5) is 12.0. The van der Waals surface area contributed by atoms with Crippen LogP contribution in [0.2, 0.25) is 0 Å². The summed E-state index contributed by atoms with van der Waals surface area (Å²) in [5.41, 5.74) is -0.536. The van der Waals surface area contributed by atoms with Crippen molar-refractivity contribution in [3.8, 4) is 0 Å². The molecular formula is C13H12BrF2NO2. The number of benzene rings is 1. The molecule has 2 aliphatic heterocycles. The molecule has 0 saturated carbocycles. The Morgan fingerprint density at radius 2 is 2.00 bits per heavy atom. The van der Waals surface area contributed by atoms with E-state index in [4.69, 9.17) is 4.74 Å². The summed E-state index contributed by atoms with van der Waals surface area (Å²) < 4.78 is 33.2. The van der Waals surface area contributed by atoms with Crippen LogP contribution in [0.15, 0.2) is 16.6 Å². The normalized spacial score (nSPS) is 28.7. The molecule has 2 fully saturated rings. The van der Waals surface area contributed by atoms with E-state index in [-0.39, 0.29) is 22.7 Å². The minimum absolute atomic E-state index is 0.0180. The molecule has 6 heteroatoms. The average Bonchev–Trinajstić information content (AvgIpc) is 2.89. The van der Waals surface area contributed by atoms with Gasteiger partial charge in [-0.2, -0.15) is 0 Å². The summed E-state index contributed by atoms with van der Waals surface area (Å²) in [5, 5.41) is 2.67. The highest BCUT2D eigenvalue weighted by atomic mass is 79.9. The second-order valence-corrected chi connectivity index (χ2v) is 5.85. The van der Waals surface area contributed by atoms with Gasteiger partial charge in [0.2, 0.25) is 0 Å². The van der Waals surface area contributed by atoms with E-state index in [1.807, 2.05) is 0 Å². The van der Waals surface area contributed by atoms with E-state index in [0.717, 1.165) is 31.4 Å². The van der Waals surface area contributed by atoms with Crippen molar-refractivity contribution in [1.82, 2.24) is 5.32 Å². The van der Waals surface area contributed by atoms with Crippen molar-refractivity contribution in [3.63, 3.8) is 0 Å². The number of carbonyl (C=O) groups excluding carboxylic acids is 1. The van der Waals surface area contributed by atoms with Gasteiger partial charge in [-0.1, -0.05) is 15.9 Å². The highest BCUT2D eigenvalue weighted by Gasteiger charge is 2.41. The molecule has 19 heavy (non-hydrogen) atoms. The molecule has 1 amide bonds. The first kappa shape index (κ1) is 13.0. The van der Waals surface area contributed by atoms with Crippen LogP contribution in [0.4, 0.5) is 8.78 Å². The van der Waals surface area contributed by atoms with Gasteiger partial charge in [-0.05, 0) is 31.4 Å². The summed E-state index contributed by atoms with van der Waals surface area (Å²) >= 11 is 2.98. The first-order valence-electron chi connectivity index (χ1n) is 6.15. The quantitative estimate of drug-likeness (QED) is 0.904. The first-order valence-corrected chi connectivity index (χ1v) is 6.95. The standard InChI is InChI=1S/C13H12BrF2NO2/c14-6-3-8(15)12(9(16)4-6)13(18)17-10-5-7-1-2-11(10)19-7/h3-4,7,10-11H,1-2,5H2,(H,17,18). The van der Waals surface area contributed by atoms with E-state index >= 15 is 0 Å². The summed E-state index contributed by atoms with van der Waals surface area (Å²) in [6, 6.07) is 2.01. The van der Waals surface area contributed by atoms with Crippen LogP contribution in [-0.4, -0.2) is 24.2 Å². The van der Waals surface area contributed by atoms with E-state index in [2.05, 4.69) is 21.2 Å². The Hall–Kier alpha value is -1.01. The van der Waals surface area contributed by atoms with Gasteiger partial charge in [0, 0.05) is 4.47 Å². The van der Waals surface area contributed by atoms with Crippen molar-refractivity contribution in [3.05, 3.63) is 33.8 Å². The zero-order valence-electron chi connectivity index (χ0n) is 9.96. The Morgan fingerprint density at radius 1 is 1.32 bits per heavy atom. The van der Waals surface area contributed by atoms with Gasteiger partial charge in [-0.15, -0.1) is 0 Å². The van der Waals surface area contributed by atoms with Crippen molar-refractivity contribution in [2.24, 2.45) is 0 Å². The highest BCUT2D eigenvalue weighted by molar-refractivity contribution is 9.10. The number of carbonyl (C=O) groups is 1. The lowest BCUT2D eigenvalue weighted by molar-refractivity contribution is 0.0835. The lowest BCUT2D eigenvalue weighted by Gasteiger charge is -2.20. The van der Waals surface area contributed by atoms with E-state index in [0.29, 0.717) is 0 Å². The van der Waals surface area contributed by atoms with Gasteiger partial charge in [-0.3, -0.25) is 4.79 Å². The summed E-state index contributed by atoms with van der Waals surface area (Å²) in [6.07, 6.45) is 2.76. The average molecular weight is 332 g/mol. The predicted octanol–water partition coefficient (Wildman–Crippen LogP) is 2.78. The lowest BCUT2D eigenvalue weighted by atomic mass is 9.95. The zero-order valence-corrected chi connectivity index (χ0v) is 11.5. The van der Waals surface area contributed by atoms with Crippen LogP contribution in [0, 0.1) is 11.6 Å². The Balaban J connectivity index is 1.77. The fourth-order valence-electron chi connectivity index (χ4n) is 2.79. The second-order valence-electron chi connectivity index (χ2n) is 4.93. The van der Waals surface area contributed by atoms with E-state index in [1.54, 1.807) is 0 Å². The molecule has 1 aromatic rings. The Bertz CT molecular complexity index is 514. The van der Waals surface area contributed by atoms with Crippen LogP contribution in [-0.2, 0) is 4.74 Å². The zero-order chi connectivity index (χ0) is 13.6. The maximum Gasteiger partial charge on any atom is 0.257 e. The molecule has 2 saturated heterocycles. The van der Waals surface area contributed by atoms with Gasteiger partial charge in [-0.25, -0.2) is 8.78 Å². The molecule has 3 atom stereocenters. The van der Waals surface area contributed by atoms with E-state index in [9.17, 15) is 13.6 Å². The number of fused-ring (bicyclic) bond motifs is 2. The van der Waals surface area contributed by atoms with Crippen LogP contribution in [0.3, 0.4) is 0 Å². The third kappa shape index (κ3) is 2.39. The minimum Gasteiger partial charge on any atom is -0.373 e. The highest BCUT2D eigenvalue weighted by Crippen LogP contribution is 2.34. The summed E-state index contributed by atoms with van der Waals surface area (Å²) in [5.74, 6) is -2.45. The van der Waals surface area contributed by atoms with Crippen LogP contribution < -0.4 is 5.32 Å². The van der Waals surface area contributed by atoms with Crippen molar-refractivity contribution >= 4 is 21.8 Å². The second kappa shape index (κ2) is 4.83. The van der Waals surface area contributed by atoms with Crippen LogP contribution in [0.1, 0.15) is 29.6 Å². The SMILES string of the molecule is O=C(NC1CC2CCC1O2)c1c(F)cc(Br)cc1F. The largest absolute Gasteiger partial charge is 0.373 e. The van der Waals surface area contributed by atoms with Crippen LogP contribution in [0.5, 0.6) is 0 Å². The van der Waals surface area contributed by atoms with Crippen molar-refractivity contribution in [1.29, 1.82) is 0 Å². The molecule has 3 unspecified atom stereocenters. The van der Waals surface area contributed by atoms with Gasteiger partial charge < -0.3 is 10.1 Å². The molecular weight excluding hydrogens is 320 g/mol. The van der Waals surface area contributed by atoms with Gasteiger partial charge in [0.15, 0.2) is 0 Å². The van der Waals surface area contributed by atoms with Gasteiger partial charge in [0.1, 0.15) is 17.2 Å². The summed E-state index contributed by atoms with van der Waals surface area (Å²) in [7, 11) is 0. The topological polar surface area (TPSA) is 38.3 Å². The number of nitrogens with one attached hydrogen (secondary N) is 1. The molecule has 0 aromatic heterocycles. The fourth-order valence-corrected chi connectivity index (χ4v) is 3.19. The van der Waals surface area contributed by atoms with Gasteiger partial charge in [0.25, 0.3) is 5.91 Å². The molecule has 0 aliphatic carbocycles. The number of hydrogen-bond acceptors (Lipinski definition) is 2. The molecule has 1 aromatic carbocycles. The van der Waals surface area contributed by atoms with Crippen molar-refractivity contribution in [2.75, 3.05) is 0 Å². The van der Waals surface area contributed by atoms with E-state index < -0.39 is 23.1 Å². The lowest BCUT2D eigenvalue weighted by Crippen LogP contribution is -2.42. The Morgan fingerprint density at radius 3 is 2.53 bits per heavy atom. The molecule has 2 heterocycles. The predicted molar refractivity (Wildman–Crippen MR) is 67.8 cm³/mol. The third-order valence-corrected chi connectivity index (χ3v) is 4.11. The number of hydrogen-bond donors (Lipinski definition) is 1. The van der Waals surface area contributed by atoms with Crippen molar-refractivity contribution < 1.29 is 18.3 Å². The van der Waals surface area contributed by atoms with Crippen LogP contribution in [0.25, 0.3) is 0 Å². The van der Waals surface area contributed by atoms with Gasteiger partial charge >= 0.3 is 0 Å². The molecule has 1 N–H and O–H groups in total. The Kier molecular flexibility index (Phi) is 3.30. The number of ether oxygens (including phenoxy) is 1. The maximum atomic E-state index is 13.7. The molecule has 0 spiro atoms. The number of amides is 1. The molecule has 0 radical (unpaired) electrons. The monoisotopic (exact) mass is 331 g/mol. The molecule has 102 valence electrons. The fraction of sp³-hybridized carbons (Fsp3) is 0.462. The molecule has 2 bridgehead atoms. The van der Waals surface area contributed by atoms with Gasteiger partial charge in [0.05, 0.1) is 18.2 Å². The number of rotatable bonds is 2.